The molecule has 0 spiro atoms. The van der Waals surface area contributed by atoms with Gasteiger partial charge in [0.05, 0.1) is 6.33 Å². The fourth-order valence-corrected chi connectivity index (χ4v) is 1.82. The molecule has 1 heterocycles. The molecule has 1 aromatic rings. The molecule has 1 aromatic heterocycles. The van der Waals surface area contributed by atoms with Crippen molar-refractivity contribution in [2.75, 3.05) is 6.54 Å². The van der Waals surface area contributed by atoms with Gasteiger partial charge in [-0.05, 0) is 32.2 Å². The SMILES string of the molecule is CC(C)C[C@H](C)NCCCn1ccnc1. The predicted octanol–water partition coefficient (Wildman–Crippen LogP) is 2.30. The molecule has 0 radical (unpaired) electrons. The van der Waals surface area contributed by atoms with Crippen LogP contribution in [0.3, 0.4) is 0 Å². The minimum Gasteiger partial charge on any atom is -0.337 e. The Bertz CT molecular complexity index is 241. The highest BCUT2D eigenvalue weighted by Gasteiger charge is 2.03. The van der Waals surface area contributed by atoms with E-state index >= 15 is 0 Å². The van der Waals surface area contributed by atoms with E-state index in [9.17, 15) is 0 Å². The average molecular weight is 209 g/mol. The second-order valence-corrected chi connectivity index (χ2v) is 4.64. The van der Waals surface area contributed by atoms with E-state index in [0.717, 1.165) is 19.0 Å². The summed E-state index contributed by atoms with van der Waals surface area (Å²) in [5.41, 5.74) is 0. The van der Waals surface area contributed by atoms with Crippen molar-refractivity contribution in [3.8, 4) is 0 Å². The topological polar surface area (TPSA) is 29.9 Å². The number of rotatable bonds is 7. The van der Waals surface area contributed by atoms with Crippen molar-refractivity contribution >= 4 is 0 Å². The summed E-state index contributed by atoms with van der Waals surface area (Å²) in [7, 11) is 0. The zero-order chi connectivity index (χ0) is 11.1. The molecule has 0 aliphatic rings. The average Bonchev–Trinajstić information content (AvgIpc) is 2.63. The van der Waals surface area contributed by atoms with Gasteiger partial charge >= 0.3 is 0 Å². The molecule has 3 nitrogen and oxygen atoms in total. The van der Waals surface area contributed by atoms with E-state index in [1.807, 2.05) is 18.7 Å². The van der Waals surface area contributed by atoms with Gasteiger partial charge in [0, 0.05) is 25.0 Å². The summed E-state index contributed by atoms with van der Waals surface area (Å²) in [6.45, 7) is 8.94. The molecule has 0 unspecified atom stereocenters. The molecular weight excluding hydrogens is 186 g/mol. The van der Waals surface area contributed by atoms with Crippen molar-refractivity contribution < 1.29 is 0 Å². The van der Waals surface area contributed by atoms with Crippen LogP contribution >= 0.6 is 0 Å². The van der Waals surface area contributed by atoms with Gasteiger partial charge in [0.2, 0.25) is 0 Å². The van der Waals surface area contributed by atoms with Crippen LogP contribution in [0.15, 0.2) is 18.7 Å². The molecule has 86 valence electrons. The molecule has 0 aromatic carbocycles. The first-order valence-corrected chi connectivity index (χ1v) is 5.87. The maximum atomic E-state index is 4.02. The molecule has 0 bridgehead atoms. The summed E-state index contributed by atoms with van der Waals surface area (Å²) in [6.07, 6.45) is 8.13. The molecule has 0 saturated heterocycles. The van der Waals surface area contributed by atoms with E-state index in [0.29, 0.717) is 6.04 Å². The molecule has 0 saturated carbocycles. The van der Waals surface area contributed by atoms with Gasteiger partial charge in [-0.15, -0.1) is 0 Å². The van der Waals surface area contributed by atoms with Gasteiger partial charge in [-0.3, -0.25) is 0 Å². The molecule has 0 amide bonds. The molecule has 0 aliphatic heterocycles. The van der Waals surface area contributed by atoms with E-state index in [1.54, 1.807) is 0 Å². The zero-order valence-corrected chi connectivity index (χ0v) is 10.1. The Balaban J connectivity index is 2.01. The molecule has 15 heavy (non-hydrogen) atoms. The van der Waals surface area contributed by atoms with Gasteiger partial charge in [0.25, 0.3) is 0 Å². The largest absolute Gasteiger partial charge is 0.337 e. The van der Waals surface area contributed by atoms with E-state index < -0.39 is 0 Å². The highest BCUT2D eigenvalue weighted by molar-refractivity contribution is 4.74. The number of aryl methyl sites for hydroxylation is 1. The van der Waals surface area contributed by atoms with Crippen LogP contribution in [0.2, 0.25) is 0 Å². The molecule has 0 aliphatic carbocycles. The van der Waals surface area contributed by atoms with Crippen molar-refractivity contribution in [1.82, 2.24) is 14.9 Å². The number of hydrogen-bond donors (Lipinski definition) is 1. The second-order valence-electron chi connectivity index (χ2n) is 4.64. The van der Waals surface area contributed by atoms with Gasteiger partial charge < -0.3 is 9.88 Å². The maximum Gasteiger partial charge on any atom is 0.0945 e. The molecular formula is C12H23N3. The van der Waals surface area contributed by atoms with Crippen LogP contribution in [0.5, 0.6) is 0 Å². The van der Waals surface area contributed by atoms with Crippen molar-refractivity contribution in [2.45, 2.75) is 46.2 Å². The van der Waals surface area contributed by atoms with Crippen molar-refractivity contribution in [1.29, 1.82) is 0 Å². The minimum absolute atomic E-state index is 0.632. The highest BCUT2D eigenvalue weighted by atomic mass is 15.0. The normalized spacial score (nSPS) is 13.3. The molecule has 1 atom stereocenters. The third kappa shape index (κ3) is 5.57. The van der Waals surface area contributed by atoms with Crippen LogP contribution < -0.4 is 5.32 Å². The van der Waals surface area contributed by atoms with Crippen LogP contribution in [0.4, 0.5) is 0 Å². The number of aromatic nitrogens is 2. The fraction of sp³-hybridized carbons (Fsp3) is 0.750. The van der Waals surface area contributed by atoms with E-state index in [1.165, 1.54) is 12.8 Å². The number of nitrogens with zero attached hydrogens (tertiary/aromatic N) is 2. The first kappa shape index (κ1) is 12.2. The predicted molar refractivity (Wildman–Crippen MR) is 63.8 cm³/mol. The molecule has 3 heteroatoms. The number of imidazole rings is 1. The highest BCUT2D eigenvalue weighted by Crippen LogP contribution is 2.03. The molecule has 0 fully saturated rings. The third-order valence-corrected chi connectivity index (χ3v) is 2.47. The van der Waals surface area contributed by atoms with Crippen molar-refractivity contribution in [3.63, 3.8) is 0 Å². The van der Waals surface area contributed by atoms with Crippen LogP contribution in [0.25, 0.3) is 0 Å². The van der Waals surface area contributed by atoms with Crippen LogP contribution in [-0.2, 0) is 6.54 Å². The van der Waals surface area contributed by atoms with Crippen LogP contribution in [-0.4, -0.2) is 22.1 Å². The Morgan fingerprint density at radius 1 is 1.33 bits per heavy atom. The van der Waals surface area contributed by atoms with Crippen LogP contribution in [0.1, 0.15) is 33.6 Å². The van der Waals surface area contributed by atoms with Gasteiger partial charge in [-0.2, -0.15) is 0 Å². The number of hydrogen-bond acceptors (Lipinski definition) is 2. The zero-order valence-electron chi connectivity index (χ0n) is 10.1. The summed E-state index contributed by atoms with van der Waals surface area (Å²) in [6, 6.07) is 0.632. The lowest BCUT2D eigenvalue weighted by Gasteiger charge is -2.15. The van der Waals surface area contributed by atoms with Gasteiger partial charge in [-0.1, -0.05) is 13.8 Å². The lowest BCUT2D eigenvalue weighted by atomic mass is 10.1. The van der Waals surface area contributed by atoms with Crippen LogP contribution in [0, 0.1) is 5.92 Å². The number of nitrogens with one attached hydrogen (secondary N) is 1. The second kappa shape index (κ2) is 6.62. The van der Waals surface area contributed by atoms with Crippen molar-refractivity contribution in [3.05, 3.63) is 18.7 Å². The monoisotopic (exact) mass is 209 g/mol. The van der Waals surface area contributed by atoms with Gasteiger partial charge in [-0.25, -0.2) is 4.98 Å². The third-order valence-electron chi connectivity index (χ3n) is 2.47. The Morgan fingerprint density at radius 2 is 2.13 bits per heavy atom. The van der Waals surface area contributed by atoms with E-state index in [4.69, 9.17) is 0 Å². The standard InChI is InChI=1S/C12H23N3/c1-11(2)9-12(3)14-5-4-7-15-8-6-13-10-15/h6,8,10-12,14H,4-5,7,9H2,1-3H3/t12-/m0/s1. The minimum atomic E-state index is 0.632. The Hall–Kier alpha value is -0.830. The van der Waals surface area contributed by atoms with E-state index in [2.05, 4.69) is 35.6 Å². The lowest BCUT2D eigenvalue weighted by Crippen LogP contribution is -2.28. The summed E-state index contributed by atoms with van der Waals surface area (Å²) in [5, 5.41) is 3.54. The van der Waals surface area contributed by atoms with Gasteiger partial charge in [0.1, 0.15) is 0 Å². The fourth-order valence-electron chi connectivity index (χ4n) is 1.82. The quantitative estimate of drug-likeness (QED) is 0.698. The van der Waals surface area contributed by atoms with Crippen molar-refractivity contribution in [2.24, 2.45) is 5.92 Å². The Kier molecular flexibility index (Phi) is 5.40. The maximum absolute atomic E-state index is 4.02. The first-order valence-electron chi connectivity index (χ1n) is 5.87. The molecule has 1 N–H and O–H groups in total. The van der Waals surface area contributed by atoms with Gasteiger partial charge in [0.15, 0.2) is 0 Å². The Labute approximate surface area is 92.9 Å². The van der Waals surface area contributed by atoms with E-state index in [-0.39, 0.29) is 0 Å². The lowest BCUT2D eigenvalue weighted by molar-refractivity contribution is 0.432. The summed E-state index contributed by atoms with van der Waals surface area (Å²) in [4.78, 5) is 4.02. The smallest absolute Gasteiger partial charge is 0.0945 e. The molecule has 1 rings (SSSR count). The first-order chi connectivity index (χ1) is 7.18. The summed E-state index contributed by atoms with van der Waals surface area (Å²) >= 11 is 0. The summed E-state index contributed by atoms with van der Waals surface area (Å²) < 4.78 is 2.12. The Morgan fingerprint density at radius 3 is 2.73 bits per heavy atom. The summed E-state index contributed by atoms with van der Waals surface area (Å²) in [5.74, 6) is 0.779.